The van der Waals surface area contributed by atoms with E-state index >= 15 is 0 Å². The number of halogens is 1. The third-order valence-corrected chi connectivity index (χ3v) is 4.52. The van der Waals surface area contributed by atoms with E-state index < -0.39 is 0 Å². The van der Waals surface area contributed by atoms with Crippen LogP contribution in [-0.2, 0) is 4.79 Å². The Morgan fingerprint density at radius 3 is 2.80 bits per heavy atom. The lowest BCUT2D eigenvalue weighted by Gasteiger charge is -2.27. The van der Waals surface area contributed by atoms with Crippen molar-refractivity contribution < 1.29 is 9.53 Å². The van der Waals surface area contributed by atoms with Crippen LogP contribution in [0.1, 0.15) is 24.8 Å². The van der Waals surface area contributed by atoms with Gasteiger partial charge in [0.05, 0.1) is 0 Å². The van der Waals surface area contributed by atoms with E-state index in [4.69, 9.17) is 16.3 Å². The first kappa shape index (κ1) is 17.5. The average Bonchev–Trinajstić information content (AvgIpc) is 2.64. The Kier molecular flexibility index (Phi) is 5.71. The minimum absolute atomic E-state index is 0.0931. The van der Waals surface area contributed by atoms with Crippen molar-refractivity contribution in [2.45, 2.75) is 26.2 Å². The van der Waals surface area contributed by atoms with Crippen molar-refractivity contribution in [3.8, 4) is 5.75 Å². The molecule has 25 heavy (non-hydrogen) atoms. The fourth-order valence-electron chi connectivity index (χ4n) is 2.75. The number of hydrogen-bond acceptors (Lipinski definition) is 5. The van der Waals surface area contributed by atoms with Crippen molar-refractivity contribution in [3.63, 3.8) is 0 Å². The highest BCUT2D eigenvalue weighted by Crippen LogP contribution is 2.21. The van der Waals surface area contributed by atoms with Crippen molar-refractivity contribution in [3.05, 3.63) is 41.2 Å². The molecule has 1 aromatic carbocycles. The summed E-state index contributed by atoms with van der Waals surface area (Å²) < 4.78 is 5.50. The summed E-state index contributed by atoms with van der Waals surface area (Å²) in [5.41, 5.74) is 0.904. The number of aryl methyl sites for hydroxylation is 1. The summed E-state index contributed by atoms with van der Waals surface area (Å²) in [4.78, 5) is 22.7. The molecule has 1 aliphatic rings. The van der Waals surface area contributed by atoms with Crippen LogP contribution in [0.15, 0.2) is 30.6 Å². The summed E-state index contributed by atoms with van der Waals surface area (Å²) in [6, 6.07) is 7.09. The Balaban J connectivity index is 1.56. The SMILES string of the molecule is Cc1cc(OCC(=O)Nc2cc(N3CCCCC3)ncn2)ccc1Cl. The lowest BCUT2D eigenvalue weighted by atomic mass is 10.1. The van der Waals surface area contributed by atoms with Gasteiger partial charge in [-0.1, -0.05) is 11.6 Å². The van der Waals surface area contributed by atoms with Gasteiger partial charge in [-0.05, 0) is 49.9 Å². The predicted octanol–water partition coefficient (Wildman–Crippen LogP) is 3.45. The number of amides is 1. The topological polar surface area (TPSA) is 67.3 Å². The molecular weight excluding hydrogens is 340 g/mol. The van der Waals surface area contributed by atoms with Crippen molar-refractivity contribution in [1.29, 1.82) is 0 Å². The number of hydrogen-bond donors (Lipinski definition) is 1. The van der Waals surface area contributed by atoms with Crippen LogP contribution in [-0.4, -0.2) is 35.6 Å². The van der Waals surface area contributed by atoms with Crippen LogP contribution in [0.2, 0.25) is 5.02 Å². The van der Waals surface area contributed by atoms with Gasteiger partial charge in [-0.2, -0.15) is 0 Å². The number of carbonyl (C=O) groups excluding carboxylic acids is 1. The minimum atomic E-state index is -0.268. The Bertz CT molecular complexity index is 748. The van der Waals surface area contributed by atoms with Gasteiger partial charge in [-0.25, -0.2) is 9.97 Å². The Morgan fingerprint density at radius 2 is 2.04 bits per heavy atom. The fraction of sp³-hybridized carbons (Fsp3) is 0.389. The molecule has 1 aromatic heterocycles. The van der Waals surface area contributed by atoms with Crippen LogP contribution in [0.4, 0.5) is 11.6 Å². The number of ether oxygens (including phenoxy) is 1. The zero-order valence-electron chi connectivity index (χ0n) is 14.2. The molecule has 0 bridgehead atoms. The Labute approximate surface area is 152 Å². The molecule has 3 rings (SSSR count). The molecule has 1 aliphatic heterocycles. The second kappa shape index (κ2) is 8.16. The van der Waals surface area contributed by atoms with Crippen LogP contribution < -0.4 is 15.0 Å². The van der Waals surface area contributed by atoms with Crippen LogP contribution in [0, 0.1) is 6.92 Å². The van der Waals surface area contributed by atoms with E-state index in [9.17, 15) is 4.79 Å². The van der Waals surface area contributed by atoms with E-state index in [1.54, 1.807) is 24.3 Å². The number of nitrogens with zero attached hydrogens (tertiary/aromatic N) is 3. The molecule has 7 heteroatoms. The van der Waals surface area contributed by atoms with Gasteiger partial charge < -0.3 is 15.0 Å². The quantitative estimate of drug-likeness (QED) is 0.884. The summed E-state index contributed by atoms with van der Waals surface area (Å²) >= 11 is 5.98. The molecule has 1 fully saturated rings. The minimum Gasteiger partial charge on any atom is -0.484 e. The molecule has 0 aliphatic carbocycles. The first-order valence-corrected chi connectivity index (χ1v) is 8.75. The summed E-state index contributed by atoms with van der Waals surface area (Å²) in [6.07, 6.45) is 5.07. The fourth-order valence-corrected chi connectivity index (χ4v) is 2.86. The highest BCUT2D eigenvalue weighted by Gasteiger charge is 2.13. The van der Waals surface area contributed by atoms with Gasteiger partial charge in [0.2, 0.25) is 0 Å². The molecule has 132 valence electrons. The standard InChI is InChI=1S/C18H21ClN4O2/c1-13-9-14(5-6-15(13)19)25-11-18(24)22-16-10-17(21-12-20-16)23-7-3-2-4-8-23/h5-6,9-10,12H,2-4,7-8,11H2,1H3,(H,20,21,22,24). The number of piperidine rings is 1. The van der Waals surface area contributed by atoms with Crippen molar-refractivity contribution in [2.24, 2.45) is 0 Å². The van der Waals surface area contributed by atoms with Crippen LogP contribution in [0.3, 0.4) is 0 Å². The molecule has 0 unspecified atom stereocenters. The molecule has 1 saturated heterocycles. The van der Waals surface area contributed by atoms with Gasteiger partial charge in [0.25, 0.3) is 5.91 Å². The van der Waals surface area contributed by atoms with E-state index in [0.29, 0.717) is 16.6 Å². The second-order valence-electron chi connectivity index (χ2n) is 6.06. The summed E-state index contributed by atoms with van der Waals surface area (Å²) in [5.74, 6) is 1.67. The molecule has 0 atom stereocenters. The van der Waals surface area contributed by atoms with Gasteiger partial charge in [-0.15, -0.1) is 0 Å². The first-order chi connectivity index (χ1) is 12.1. The molecular formula is C18H21ClN4O2. The maximum atomic E-state index is 12.1. The molecule has 0 spiro atoms. The Morgan fingerprint density at radius 1 is 1.24 bits per heavy atom. The van der Waals surface area contributed by atoms with Gasteiger partial charge >= 0.3 is 0 Å². The van der Waals surface area contributed by atoms with Gasteiger partial charge in [0.1, 0.15) is 23.7 Å². The zero-order valence-corrected chi connectivity index (χ0v) is 14.9. The van der Waals surface area contributed by atoms with E-state index in [1.807, 2.05) is 6.92 Å². The van der Waals surface area contributed by atoms with Crippen LogP contribution in [0.25, 0.3) is 0 Å². The first-order valence-electron chi connectivity index (χ1n) is 8.37. The predicted molar refractivity (Wildman–Crippen MR) is 98.4 cm³/mol. The molecule has 6 nitrogen and oxygen atoms in total. The molecule has 2 heterocycles. The molecule has 0 saturated carbocycles. The number of anilines is 2. The number of rotatable bonds is 5. The molecule has 1 N–H and O–H groups in total. The highest BCUT2D eigenvalue weighted by atomic mass is 35.5. The number of nitrogens with one attached hydrogen (secondary N) is 1. The van der Waals surface area contributed by atoms with Gasteiger partial charge in [0, 0.05) is 24.2 Å². The third-order valence-electron chi connectivity index (χ3n) is 4.10. The summed E-state index contributed by atoms with van der Waals surface area (Å²) in [5, 5.41) is 3.42. The monoisotopic (exact) mass is 360 g/mol. The zero-order chi connectivity index (χ0) is 17.6. The van der Waals surface area contributed by atoms with E-state index in [1.165, 1.54) is 25.6 Å². The second-order valence-corrected chi connectivity index (χ2v) is 6.46. The van der Waals surface area contributed by atoms with E-state index in [0.717, 1.165) is 24.5 Å². The lowest BCUT2D eigenvalue weighted by molar-refractivity contribution is -0.118. The number of benzene rings is 1. The van der Waals surface area contributed by atoms with Crippen LogP contribution >= 0.6 is 11.6 Å². The van der Waals surface area contributed by atoms with Crippen molar-refractivity contribution >= 4 is 29.1 Å². The van der Waals surface area contributed by atoms with E-state index in [-0.39, 0.29) is 12.5 Å². The van der Waals surface area contributed by atoms with Gasteiger partial charge in [0.15, 0.2) is 6.61 Å². The maximum Gasteiger partial charge on any atom is 0.263 e. The van der Waals surface area contributed by atoms with Gasteiger partial charge in [-0.3, -0.25) is 4.79 Å². The Hall–Kier alpha value is -2.34. The molecule has 1 amide bonds. The maximum absolute atomic E-state index is 12.1. The number of aromatic nitrogens is 2. The highest BCUT2D eigenvalue weighted by molar-refractivity contribution is 6.31. The smallest absolute Gasteiger partial charge is 0.263 e. The lowest BCUT2D eigenvalue weighted by Crippen LogP contribution is -2.30. The summed E-state index contributed by atoms with van der Waals surface area (Å²) in [7, 11) is 0. The third kappa shape index (κ3) is 4.82. The summed E-state index contributed by atoms with van der Waals surface area (Å²) in [6.45, 7) is 3.77. The molecule has 2 aromatic rings. The van der Waals surface area contributed by atoms with Crippen molar-refractivity contribution in [2.75, 3.05) is 29.9 Å². The normalized spacial score (nSPS) is 14.2. The van der Waals surface area contributed by atoms with Crippen LogP contribution in [0.5, 0.6) is 5.75 Å². The average molecular weight is 361 g/mol. The van der Waals surface area contributed by atoms with E-state index in [2.05, 4.69) is 20.2 Å². The number of carbonyl (C=O) groups is 1. The molecule has 0 radical (unpaired) electrons. The van der Waals surface area contributed by atoms with Crippen molar-refractivity contribution in [1.82, 2.24) is 9.97 Å². The largest absolute Gasteiger partial charge is 0.484 e.